The van der Waals surface area contributed by atoms with Crippen LogP contribution in [0.15, 0.2) is 18.5 Å². The molecular weight excluding hydrogens is 392 g/mol. The van der Waals surface area contributed by atoms with Gasteiger partial charge in [0.25, 0.3) is 0 Å². The normalized spacial score (nSPS) is 15.4. The van der Waals surface area contributed by atoms with Crippen LogP contribution in [0.1, 0.15) is 49.9 Å². The monoisotopic (exact) mass is 424 g/mol. The molecule has 0 bridgehead atoms. The molecule has 1 atom stereocenters. The summed E-state index contributed by atoms with van der Waals surface area (Å²) in [5, 5.41) is 7.96. The van der Waals surface area contributed by atoms with Gasteiger partial charge >= 0.3 is 6.01 Å². The molecule has 1 saturated heterocycles. The molecule has 9 heteroatoms. The maximum absolute atomic E-state index is 6.14. The quantitative estimate of drug-likeness (QED) is 0.568. The zero-order valence-electron chi connectivity index (χ0n) is 18.6. The number of anilines is 2. The highest BCUT2D eigenvalue weighted by molar-refractivity contribution is 5.60. The first-order valence-corrected chi connectivity index (χ1v) is 11.2. The Labute approximate surface area is 183 Å². The van der Waals surface area contributed by atoms with E-state index in [9.17, 15) is 0 Å². The van der Waals surface area contributed by atoms with Crippen LogP contribution in [-0.2, 0) is 6.42 Å². The van der Waals surface area contributed by atoms with Crippen molar-refractivity contribution in [1.29, 1.82) is 0 Å². The summed E-state index contributed by atoms with van der Waals surface area (Å²) < 4.78 is 7.74. The first kappa shape index (κ1) is 21.3. The number of pyridine rings is 1. The third-order valence-corrected chi connectivity index (χ3v) is 5.69. The Hall–Kier alpha value is -2.94. The lowest BCUT2D eigenvalue weighted by Gasteiger charge is -2.29. The molecule has 0 aliphatic carbocycles. The molecule has 0 radical (unpaired) electrons. The summed E-state index contributed by atoms with van der Waals surface area (Å²) in [6.07, 6.45) is 7.38. The lowest BCUT2D eigenvalue weighted by Crippen LogP contribution is -2.44. The average Bonchev–Trinajstić information content (AvgIpc) is 3.17. The summed E-state index contributed by atoms with van der Waals surface area (Å²) >= 11 is 0. The fraction of sp³-hybridized carbons (Fsp3) is 0.545. The zero-order valence-corrected chi connectivity index (χ0v) is 18.6. The maximum Gasteiger partial charge on any atom is 0.336 e. The van der Waals surface area contributed by atoms with Crippen LogP contribution in [0.3, 0.4) is 0 Å². The van der Waals surface area contributed by atoms with Crippen LogP contribution < -0.4 is 20.7 Å². The summed E-state index contributed by atoms with van der Waals surface area (Å²) in [6, 6.07) is 2.49. The number of nitrogen functional groups attached to an aromatic ring is 1. The average molecular weight is 425 g/mol. The Balaban J connectivity index is 1.57. The highest BCUT2D eigenvalue weighted by Crippen LogP contribution is 2.22. The largest absolute Gasteiger partial charge is 0.459 e. The van der Waals surface area contributed by atoms with E-state index in [0.717, 1.165) is 62.5 Å². The minimum absolute atomic E-state index is 0.0817. The smallest absolute Gasteiger partial charge is 0.336 e. The number of hydrogen-bond donors (Lipinski definition) is 2. The number of rotatable bonds is 8. The number of fused-ring (bicyclic) bond motifs is 1. The molecule has 4 rings (SSSR count). The van der Waals surface area contributed by atoms with Gasteiger partial charge in [0.15, 0.2) is 11.5 Å². The highest BCUT2D eigenvalue weighted by Gasteiger charge is 2.17. The number of aromatic nitrogens is 5. The van der Waals surface area contributed by atoms with Crippen molar-refractivity contribution in [2.75, 3.05) is 36.8 Å². The van der Waals surface area contributed by atoms with E-state index < -0.39 is 0 Å². The summed E-state index contributed by atoms with van der Waals surface area (Å²) in [7, 11) is 0. The molecule has 1 aliphatic heterocycles. The predicted octanol–water partition coefficient (Wildman–Crippen LogP) is 2.37. The van der Waals surface area contributed by atoms with Crippen LogP contribution in [0.25, 0.3) is 5.65 Å². The number of aryl methyl sites for hydroxylation is 1. The lowest BCUT2D eigenvalue weighted by molar-refractivity contribution is 0.167. The van der Waals surface area contributed by atoms with Crippen molar-refractivity contribution in [3.8, 4) is 6.01 Å². The number of nitrogens with zero attached hydrogens (tertiary/aromatic N) is 6. The second-order valence-electron chi connectivity index (χ2n) is 8.10. The van der Waals surface area contributed by atoms with Gasteiger partial charge in [0, 0.05) is 38.8 Å². The molecule has 0 spiro atoms. The topological polar surface area (TPSA) is 106 Å². The van der Waals surface area contributed by atoms with Crippen LogP contribution in [0.4, 0.5) is 11.6 Å². The first-order valence-electron chi connectivity index (χ1n) is 11.2. The van der Waals surface area contributed by atoms with Crippen molar-refractivity contribution < 1.29 is 4.74 Å². The molecule has 0 saturated carbocycles. The Kier molecular flexibility index (Phi) is 6.50. The summed E-state index contributed by atoms with van der Waals surface area (Å²) in [6.45, 7) is 10.3. The van der Waals surface area contributed by atoms with E-state index in [2.05, 4.69) is 52.1 Å². The molecule has 0 amide bonds. The van der Waals surface area contributed by atoms with Crippen LogP contribution in [0.2, 0.25) is 0 Å². The van der Waals surface area contributed by atoms with Gasteiger partial charge in [0.05, 0.1) is 11.9 Å². The summed E-state index contributed by atoms with van der Waals surface area (Å²) in [5.41, 5.74) is 9.90. The number of imidazole rings is 1. The van der Waals surface area contributed by atoms with E-state index in [-0.39, 0.29) is 6.10 Å². The van der Waals surface area contributed by atoms with Crippen molar-refractivity contribution in [3.05, 3.63) is 35.3 Å². The SMILES string of the molecule is CCC[C@@H](CC)Oc1nc(N)c2ncc(Cc3cnc(N4CCNCC4)c(C)c3)n2n1. The molecular formula is C22H32N8O. The van der Waals surface area contributed by atoms with E-state index in [0.29, 0.717) is 23.9 Å². The van der Waals surface area contributed by atoms with E-state index >= 15 is 0 Å². The highest BCUT2D eigenvalue weighted by atomic mass is 16.5. The number of hydrogen-bond acceptors (Lipinski definition) is 8. The van der Waals surface area contributed by atoms with Gasteiger partial charge in [-0.25, -0.2) is 14.5 Å². The van der Waals surface area contributed by atoms with Gasteiger partial charge < -0.3 is 20.7 Å². The van der Waals surface area contributed by atoms with Crippen molar-refractivity contribution in [2.45, 2.75) is 52.6 Å². The molecule has 0 unspecified atom stereocenters. The minimum atomic E-state index is 0.0817. The molecule has 3 aromatic rings. The van der Waals surface area contributed by atoms with Crippen LogP contribution >= 0.6 is 0 Å². The molecule has 3 aromatic heterocycles. The Morgan fingerprint density at radius 3 is 2.71 bits per heavy atom. The van der Waals surface area contributed by atoms with E-state index in [4.69, 9.17) is 15.5 Å². The Bertz CT molecular complexity index is 1030. The minimum Gasteiger partial charge on any atom is -0.459 e. The second-order valence-corrected chi connectivity index (χ2v) is 8.10. The van der Waals surface area contributed by atoms with E-state index in [1.165, 1.54) is 5.56 Å². The van der Waals surface area contributed by atoms with Gasteiger partial charge in [0.1, 0.15) is 11.9 Å². The molecule has 4 heterocycles. The van der Waals surface area contributed by atoms with Crippen molar-refractivity contribution in [2.24, 2.45) is 0 Å². The number of piperazine rings is 1. The molecule has 0 aromatic carbocycles. The molecule has 1 fully saturated rings. The first-order chi connectivity index (χ1) is 15.1. The Morgan fingerprint density at radius 2 is 2.00 bits per heavy atom. The lowest BCUT2D eigenvalue weighted by atomic mass is 10.1. The Morgan fingerprint density at radius 1 is 1.19 bits per heavy atom. The second kappa shape index (κ2) is 9.47. The predicted molar refractivity (Wildman–Crippen MR) is 122 cm³/mol. The van der Waals surface area contributed by atoms with Crippen LogP contribution in [-0.4, -0.2) is 56.8 Å². The summed E-state index contributed by atoms with van der Waals surface area (Å²) in [5.74, 6) is 1.39. The molecule has 3 N–H and O–H groups in total. The van der Waals surface area contributed by atoms with Crippen molar-refractivity contribution in [3.63, 3.8) is 0 Å². The number of nitrogens with two attached hydrogens (primary N) is 1. The molecule has 166 valence electrons. The molecule has 9 nitrogen and oxygen atoms in total. The maximum atomic E-state index is 6.14. The molecule has 31 heavy (non-hydrogen) atoms. The third kappa shape index (κ3) is 4.71. The zero-order chi connectivity index (χ0) is 21.8. The van der Waals surface area contributed by atoms with Gasteiger partial charge in [-0.05, 0) is 30.9 Å². The summed E-state index contributed by atoms with van der Waals surface area (Å²) in [4.78, 5) is 15.8. The van der Waals surface area contributed by atoms with Gasteiger partial charge in [-0.1, -0.05) is 26.3 Å². The standard InChI is InChI=1S/C22H32N8O/c1-4-6-18(5-2)31-22-27-19(23)21-26-14-17(30(21)28-22)12-16-11-15(3)20(25-13-16)29-9-7-24-8-10-29/h11,13-14,18,24H,4-10,12H2,1-3H3,(H2,23,27,28)/t18-/m1/s1. The van der Waals surface area contributed by atoms with Crippen LogP contribution in [0.5, 0.6) is 6.01 Å². The van der Waals surface area contributed by atoms with E-state index in [1.807, 2.05) is 6.20 Å². The van der Waals surface area contributed by atoms with Crippen LogP contribution in [0, 0.1) is 6.92 Å². The van der Waals surface area contributed by atoms with E-state index in [1.54, 1.807) is 10.7 Å². The van der Waals surface area contributed by atoms with Crippen molar-refractivity contribution in [1.82, 2.24) is 29.9 Å². The molecule has 1 aliphatic rings. The third-order valence-electron chi connectivity index (χ3n) is 5.69. The number of ether oxygens (including phenoxy) is 1. The van der Waals surface area contributed by atoms with Gasteiger partial charge in [-0.2, -0.15) is 4.98 Å². The fourth-order valence-electron chi connectivity index (χ4n) is 4.06. The fourth-order valence-corrected chi connectivity index (χ4v) is 4.06. The van der Waals surface area contributed by atoms with Crippen molar-refractivity contribution >= 4 is 17.3 Å². The van der Waals surface area contributed by atoms with Gasteiger partial charge in [-0.15, -0.1) is 5.10 Å². The number of nitrogens with one attached hydrogen (secondary N) is 1. The van der Waals surface area contributed by atoms with Gasteiger partial charge in [-0.3, -0.25) is 0 Å². The van der Waals surface area contributed by atoms with Gasteiger partial charge in [0.2, 0.25) is 0 Å².